The number of carbonyl (C=O) groups is 2. The number of anilines is 2. The van der Waals surface area contributed by atoms with Crippen LogP contribution in [0.5, 0.6) is 0 Å². The summed E-state index contributed by atoms with van der Waals surface area (Å²) in [6.45, 7) is 2.75. The Hall–Kier alpha value is -3.74. The molecule has 0 radical (unpaired) electrons. The van der Waals surface area contributed by atoms with Gasteiger partial charge in [-0.25, -0.2) is 9.18 Å². The second-order valence-corrected chi connectivity index (χ2v) is 7.42. The third kappa shape index (κ3) is 8.48. The smallest absolute Gasteiger partial charge is 0.406 e. The number of hydrogen-bond acceptors (Lipinski definition) is 8. The summed E-state index contributed by atoms with van der Waals surface area (Å²) >= 11 is 0. The van der Waals surface area contributed by atoms with Gasteiger partial charge in [0.15, 0.2) is 5.82 Å². The van der Waals surface area contributed by atoms with Crippen molar-refractivity contribution in [2.75, 3.05) is 65.2 Å². The molecule has 0 aliphatic carbocycles. The maximum absolute atomic E-state index is 14.1. The molecular weight excluding hydrogens is 473 g/mol. The highest BCUT2D eigenvalue weighted by Crippen LogP contribution is 2.26. The highest BCUT2D eigenvalue weighted by Gasteiger charge is 2.11. The molecule has 3 rings (SSSR count). The Kier molecular flexibility index (Phi) is 10.9. The van der Waals surface area contributed by atoms with Crippen LogP contribution in [0.3, 0.4) is 0 Å². The Bertz CT molecular complexity index is 1110. The van der Waals surface area contributed by atoms with Gasteiger partial charge in [-0.05, 0) is 36.4 Å². The van der Waals surface area contributed by atoms with Crippen LogP contribution in [-0.2, 0) is 18.9 Å². The van der Waals surface area contributed by atoms with Crippen LogP contribution in [0.15, 0.2) is 42.5 Å². The summed E-state index contributed by atoms with van der Waals surface area (Å²) in [5.74, 6) is -0.222. The quantitative estimate of drug-likeness (QED) is 0.233. The van der Waals surface area contributed by atoms with Gasteiger partial charge in [0.1, 0.15) is 12.4 Å². The molecule has 0 spiro atoms. The molecule has 11 nitrogen and oxygen atoms in total. The number of carbonyl (C=O) groups excluding carboxylic acids is 2. The van der Waals surface area contributed by atoms with E-state index in [0.717, 1.165) is 0 Å². The number of halogens is 1. The number of aromatic amines is 1. The van der Waals surface area contributed by atoms with Crippen molar-refractivity contribution >= 4 is 34.4 Å². The normalized spacial score (nSPS) is 10.8. The minimum Gasteiger partial charge on any atom is -0.447 e. The molecule has 2 aromatic carbocycles. The number of ether oxygens (including phenoxy) is 4. The van der Waals surface area contributed by atoms with Crippen LogP contribution >= 0.6 is 0 Å². The zero-order valence-electron chi connectivity index (χ0n) is 20.0. The van der Waals surface area contributed by atoms with E-state index in [4.69, 9.17) is 18.9 Å². The molecule has 0 aliphatic rings. The molecule has 0 bridgehead atoms. The Morgan fingerprint density at radius 2 is 1.58 bits per heavy atom. The van der Waals surface area contributed by atoms with Crippen molar-refractivity contribution in [3.05, 3.63) is 53.8 Å². The number of aromatic nitrogens is 2. The number of nitrogens with one attached hydrogen (secondary N) is 4. The van der Waals surface area contributed by atoms with Crippen molar-refractivity contribution in [1.29, 1.82) is 0 Å². The van der Waals surface area contributed by atoms with Gasteiger partial charge in [0.05, 0.1) is 50.5 Å². The summed E-state index contributed by atoms with van der Waals surface area (Å²) in [6.07, 6.45) is -0.493. The first-order valence-electron chi connectivity index (χ1n) is 11.4. The molecule has 0 atom stereocenters. The van der Waals surface area contributed by atoms with Crippen molar-refractivity contribution in [1.82, 2.24) is 20.8 Å². The van der Waals surface area contributed by atoms with Gasteiger partial charge in [0, 0.05) is 24.8 Å². The lowest BCUT2D eigenvalue weighted by Gasteiger charge is -2.09. The molecule has 3 aromatic rings. The zero-order chi connectivity index (χ0) is 25.6. The number of amides is 2. The first-order chi connectivity index (χ1) is 17.6. The van der Waals surface area contributed by atoms with Gasteiger partial charge < -0.3 is 34.9 Å². The van der Waals surface area contributed by atoms with E-state index in [-0.39, 0.29) is 18.3 Å². The fraction of sp³-hybridized carbons (Fsp3) is 0.375. The van der Waals surface area contributed by atoms with E-state index >= 15 is 0 Å². The van der Waals surface area contributed by atoms with E-state index in [1.165, 1.54) is 13.1 Å². The number of fused-ring (bicyclic) bond motifs is 1. The van der Waals surface area contributed by atoms with E-state index in [2.05, 4.69) is 26.1 Å². The predicted molar refractivity (Wildman–Crippen MR) is 131 cm³/mol. The van der Waals surface area contributed by atoms with Crippen LogP contribution in [0, 0.1) is 5.82 Å². The first-order valence-corrected chi connectivity index (χ1v) is 11.4. The maximum Gasteiger partial charge on any atom is 0.406 e. The molecule has 12 heteroatoms. The summed E-state index contributed by atoms with van der Waals surface area (Å²) in [7, 11) is 1.49. The Morgan fingerprint density at radius 3 is 2.28 bits per heavy atom. The van der Waals surface area contributed by atoms with Crippen molar-refractivity contribution in [3.8, 4) is 0 Å². The lowest BCUT2D eigenvalue weighted by molar-refractivity contribution is 0.00631. The van der Waals surface area contributed by atoms with Crippen molar-refractivity contribution < 1.29 is 32.9 Å². The van der Waals surface area contributed by atoms with Crippen LogP contribution in [-0.4, -0.2) is 82.0 Å². The van der Waals surface area contributed by atoms with Crippen LogP contribution < -0.4 is 16.0 Å². The molecule has 4 N–H and O–H groups in total. The summed E-state index contributed by atoms with van der Waals surface area (Å²) in [5, 5.41) is 15.5. The van der Waals surface area contributed by atoms with Crippen molar-refractivity contribution in [2.24, 2.45) is 0 Å². The SMILES string of the molecule is CNC(=O)OCCOCCOCCOCCNC(=O)c1ccc(Nc2n[nH]c3cccc(F)c23)cc1. The van der Waals surface area contributed by atoms with E-state index in [0.29, 0.717) is 74.2 Å². The fourth-order valence-electron chi connectivity index (χ4n) is 3.11. The first kappa shape index (κ1) is 26.9. The molecule has 0 saturated carbocycles. The molecule has 194 valence electrons. The summed E-state index contributed by atoms with van der Waals surface area (Å²) < 4.78 is 34.9. The predicted octanol–water partition coefficient (Wildman–Crippen LogP) is 2.58. The molecule has 1 heterocycles. The van der Waals surface area contributed by atoms with E-state index in [1.54, 1.807) is 36.4 Å². The number of rotatable bonds is 15. The summed E-state index contributed by atoms with van der Waals surface area (Å²) in [4.78, 5) is 23.1. The van der Waals surface area contributed by atoms with Gasteiger partial charge in [0.25, 0.3) is 5.91 Å². The minimum absolute atomic E-state index is 0.180. The standard InChI is InChI=1S/C24H30FN5O6/c1-26-24(32)36-16-15-35-14-13-34-12-11-33-10-9-27-23(31)17-5-7-18(8-6-17)28-22-21-19(25)3-2-4-20(21)29-30-22/h2-8H,9-16H2,1H3,(H,26,32)(H,27,31)(H2,28,29,30). The lowest BCUT2D eigenvalue weighted by atomic mass is 10.2. The number of nitrogens with zero attached hydrogens (tertiary/aromatic N) is 1. The molecule has 2 amide bonds. The lowest BCUT2D eigenvalue weighted by Crippen LogP contribution is -2.27. The summed E-state index contributed by atoms with van der Waals surface area (Å²) in [5.41, 5.74) is 1.76. The monoisotopic (exact) mass is 503 g/mol. The van der Waals surface area contributed by atoms with Gasteiger partial charge in [0.2, 0.25) is 0 Å². The second-order valence-electron chi connectivity index (χ2n) is 7.42. The molecular formula is C24H30FN5O6. The Balaban J connectivity index is 1.24. The zero-order valence-corrected chi connectivity index (χ0v) is 20.0. The Morgan fingerprint density at radius 1 is 0.917 bits per heavy atom. The van der Waals surface area contributed by atoms with Gasteiger partial charge in [-0.15, -0.1) is 0 Å². The van der Waals surface area contributed by atoms with Crippen LogP contribution in [0.1, 0.15) is 10.4 Å². The highest BCUT2D eigenvalue weighted by molar-refractivity contribution is 5.95. The highest BCUT2D eigenvalue weighted by atomic mass is 19.1. The van der Waals surface area contributed by atoms with Crippen LogP contribution in [0.2, 0.25) is 0 Å². The average Bonchev–Trinajstić information content (AvgIpc) is 3.30. The third-order valence-electron chi connectivity index (χ3n) is 4.89. The van der Waals surface area contributed by atoms with Gasteiger partial charge in [-0.2, -0.15) is 5.10 Å². The van der Waals surface area contributed by atoms with Crippen LogP contribution in [0.25, 0.3) is 10.9 Å². The van der Waals surface area contributed by atoms with E-state index in [1.807, 2.05) is 0 Å². The number of H-pyrrole nitrogens is 1. The van der Waals surface area contributed by atoms with Crippen molar-refractivity contribution in [3.63, 3.8) is 0 Å². The number of alkyl carbamates (subject to hydrolysis) is 1. The average molecular weight is 504 g/mol. The molecule has 1 aromatic heterocycles. The number of benzene rings is 2. The second kappa shape index (κ2) is 14.6. The maximum atomic E-state index is 14.1. The topological polar surface area (TPSA) is 136 Å². The summed E-state index contributed by atoms with van der Waals surface area (Å²) in [6, 6.07) is 11.5. The molecule has 0 saturated heterocycles. The van der Waals surface area contributed by atoms with Gasteiger partial charge in [-0.1, -0.05) is 6.07 Å². The third-order valence-corrected chi connectivity index (χ3v) is 4.89. The molecule has 0 unspecified atom stereocenters. The molecule has 0 aliphatic heterocycles. The molecule has 36 heavy (non-hydrogen) atoms. The fourth-order valence-corrected chi connectivity index (χ4v) is 3.11. The van der Waals surface area contributed by atoms with Gasteiger partial charge in [-0.3, -0.25) is 9.89 Å². The number of hydrogen-bond donors (Lipinski definition) is 4. The van der Waals surface area contributed by atoms with Crippen molar-refractivity contribution in [2.45, 2.75) is 0 Å². The Labute approximate surface area is 207 Å². The largest absolute Gasteiger partial charge is 0.447 e. The molecule has 0 fully saturated rings. The van der Waals surface area contributed by atoms with E-state index in [9.17, 15) is 14.0 Å². The minimum atomic E-state index is -0.493. The van der Waals surface area contributed by atoms with E-state index < -0.39 is 6.09 Å². The van der Waals surface area contributed by atoms with Crippen LogP contribution in [0.4, 0.5) is 20.7 Å². The van der Waals surface area contributed by atoms with Gasteiger partial charge >= 0.3 is 6.09 Å².